The van der Waals surface area contributed by atoms with Crippen LogP contribution >= 0.6 is 23.2 Å². The number of benzene rings is 2. The number of para-hydroxylation sites is 2. The molecule has 0 N–H and O–H groups in total. The molecule has 0 amide bonds. The monoisotopic (exact) mass is 460 g/mol. The molecule has 0 radical (unpaired) electrons. The van der Waals surface area contributed by atoms with E-state index in [9.17, 15) is 9.59 Å². The van der Waals surface area contributed by atoms with Crippen LogP contribution in [-0.2, 0) is 20.6 Å². The lowest BCUT2D eigenvalue weighted by Gasteiger charge is -2.10. The molecule has 2 heterocycles. The first-order valence-corrected chi connectivity index (χ1v) is 9.98. The fourth-order valence-corrected chi connectivity index (χ4v) is 3.74. The van der Waals surface area contributed by atoms with Crippen LogP contribution in [0.15, 0.2) is 52.1 Å². The fraction of sp³-hybridized carbons (Fsp3) is 0.190. The van der Waals surface area contributed by atoms with E-state index < -0.39 is 11.2 Å². The zero-order valence-corrected chi connectivity index (χ0v) is 18.4. The van der Waals surface area contributed by atoms with Crippen molar-refractivity contribution in [1.29, 1.82) is 0 Å². The lowest BCUT2D eigenvalue weighted by molar-refractivity contribution is 0.363. The van der Waals surface area contributed by atoms with Crippen molar-refractivity contribution in [2.45, 2.75) is 6.54 Å². The lowest BCUT2D eigenvalue weighted by Crippen LogP contribution is -2.39. The maximum absolute atomic E-state index is 13.2. The van der Waals surface area contributed by atoms with Crippen molar-refractivity contribution >= 4 is 34.4 Å². The third-order valence-corrected chi connectivity index (χ3v) is 5.52. The van der Waals surface area contributed by atoms with Crippen molar-refractivity contribution in [2.24, 2.45) is 14.1 Å². The van der Waals surface area contributed by atoms with Crippen molar-refractivity contribution in [3.63, 3.8) is 0 Å². The van der Waals surface area contributed by atoms with Crippen molar-refractivity contribution in [3.05, 3.63) is 78.9 Å². The molecule has 0 saturated heterocycles. The van der Waals surface area contributed by atoms with E-state index in [1.165, 1.54) is 16.2 Å². The number of imidazole rings is 1. The number of nitrogens with zero attached hydrogens (tertiary/aromatic N) is 4. The summed E-state index contributed by atoms with van der Waals surface area (Å²) in [5, 5.41) is 0.834. The van der Waals surface area contributed by atoms with Crippen LogP contribution in [-0.4, -0.2) is 25.8 Å². The molecule has 0 aliphatic heterocycles. The first-order valence-electron chi connectivity index (χ1n) is 9.23. The maximum Gasteiger partial charge on any atom is 0.332 e. The Kier molecular flexibility index (Phi) is 5.51. The number of fused-ring (bicyclic) bond motifs is 1. The highest BCUT2D eigenvalue weighted by molar-refractivity contribution is 6.35. The first-order chi connectivity index (χ1) is 14.8. The second kappa shape index (κ2) is 8.13. The van der Waals surface area contributed by atoms with E-state index in [2.05, 4.69) is 4.98 Å². The quantitative estimate of drug-likeness (QED) is 0.454. The average molecular weight is 461 g/mol. The highest BCUT2D eigenvalue weighted by Gasteiger charge is 2.21. The summed E-state index contributed by atoms with van der Waals surface area (Å²) in [4.78, 5) is 30.5. The smallest absolute Gasteiger partial charge is 0.332 e. The van der Waals surface area contributed by atoms with Crippen LogP contribution < -0.4 is 20.7 Å². The molecule has 31 heavy (non-hydrogen) atoms. The molecule has 0 saturated carbocycles. The van der Waals surface area contributed by atoms with Gasteiger partial charge in [0.25, 0.3) is 5.56 Å². The molecule has 10 heteroatoms. The maximum atomic E-state index is 13.2. The molecule has 160 valence electrons. The Morgan fingerprint density at radius 3 is 2.39 bits per heavy atom. The summed E-state index contributed by atoms with van der Waals surface area (Å²) in [5.74, 6) is 0.944. The predicted octanol–water partition coefficient (Wildman–Crippen LogP) is 3.59. The van der Waals surface area contributed by atoms with E-state index in [-0.39, 0.29) is 23.7 Å². The number of hydrogen-bond acceptors (Lipinski definition) is 5. The van der Waals surface area contributed by atoms with Crippen LogP contribution in [0.1, 0.15) is 5.56 Å². The van der Waals surface area contributed by atoms with Crippen LogP contribution in [0.3, 0.4) is 0 Å². The van der Waals surface area contributed by atoms with E-state index in [1.807, 2.05) is 6.07 Å². The third kappa shape index (κ3) is 3.68. The van der Waals surface area contributed by atoms with Crippen LogP contribution in [0.5, 0.6) is 17.5 Å². The number of halogens is 2. The van der Waals surface area contributed by atoms with Gasteiger partial charge in [-0.2, -0.15) is 4.98 Å². The largest absolute Gasteiger partial charge is 0.493 e. The molecule has 8 nitrogen and oxygen atoms in total. The highest BCUT2D eigenvalue weighted by atomic mass is 35.5. The number of methoxy groups -OCH3 is 1. The van der Waals surface area contributed by atoms with Gasteiger partial charge in [-0.25, -0.2) is 4.79 Å². The standard InChI is InChI=1S/C21H18Cl2N4O4/c1-25-17-18(24-20(25)31-16-7-5-4-6-15(16)30-3)26(2)21(29)27(19(17)28)11-12-8-9-13(22)10-14(12)23/h4-10H,11H2,1-3H3. The van der Waals surface area contributed by atoms with E-state index in [0.29, 0.717) is 27.1 Å². The topological polar surface area (TPSA) is 80.3 Å². The lowest BCUT2D eigenvalue weighted by atomic mass is 10.2. The van der Waals surface area contributed by atoms with Crippen molar-refractivity contribution < 1.29 is 9.47 Å². The van der Waals surface area contributed by atoms with Crippen LogP contribution in [0.4, 0.5) is 0 Å². The third-order valence-electron chi connectivity index (χ3n) is 4.93. The zero-order chi connectivity index (χ0) is 22.3. The SMILES string of the molecule is COc1ccccc1Oc1nc2c(c(=O)n(Cc3ccc(Cl)cc3Cl)c(=O)n2C)n1C. The van der Waals surface area contributed by atoms with Gasteiger partial charge in [0.05, 0.1) is 13.7 Å². The van der Waals surface area contributed by atoms with Crippen molar-refractivity contribution in [1.82, 2.24) is 18.7 Å². The summed E-state index contributed by atoms with van der Waals surface area (Å²) in [5.41, 5.74) is -0.00494. The highest BCUT2D eigenvalue weighted by Crippen LogP contribution is 2.31. The Labute approximate surface area is 186 Å². The second-order valence-electron chi connectivity index (χ2n) is 6.85. The molecule has 2 aromatic heterocycles. The van der Waals surface area contributed by atoms with Crippen LogP contribution in [0.2, 0.25) is 10.0 Å². The Morgan fingerprint density at radius 2 is 1.71 bits per heavy atom. The minimum absolute atomic E-state index is 0.00860. The van der Waals surface area contributed by atoms with E-state index in [4.69, 9.17) is 32.7 Å². The summed E-state index contributed by atoms with van der Waals surface area (Å²) in [6, 6.07) is 12.1. The van der Waals surface area contributed by atoms with Crippen molar-refractivity contribution in [2.75, 3.05) is 7.11 Å². The van der Waals surface area contributed by atoms with Crippen LogP contribution in [0, 0.1) is 0 Å². The molecular weight excluding hydrogens is 443 g/mol. The van der Waals surface area contributed by atoms with Gasteiger partial charge in [-0.15, -0.1) is 0 Å². The number of ether oxygens (including phenoxy) is 2. The minimum atomic E-state index is -0.523. The summed E-state index contributed by atoms with van der Waals surface area (Å²) in [6.45, 7) is -0.00860. The van der Waals surface area contributed by atoms with E-state index >= 15 is 0 Å². The van der Waals surface area contributed by atoms with Gasteiger partial charge >= 0.3 is 11.7 Å². The fourth-order valence-electron chi connectivity index (χ4n) is 3.28. The molecule has 0 aliphatic rings. The van der Waals surface area contributed by atoms with Crippen LogP contribution in [0.25, 0.3) is 11.2 Å². The summed E-state index contributed by atoms with van der Waals surface area (Å²) in [6.07, 6.45) is 0. The normalized spacial score (nSPS) is 11.1. The van der Waals surface area contributed by atoms with Crippen molar-refractivity contribution in [3.8, 4) is 17.5 Å². The number of aryl methyl sites for hydroxylation is 2. The van der Waals surface area contributed by atoms with Gasteiger partial charge in [0.15, 0.2) is 22.7 Å². The Hall–Kier alpha value is -3.23. The van der Waals surface area contributed by atoms with Gasteiger partial charge in [-0.05, 0) is 29.8 Å². The first kappa shape index (κ1) is 21.0. The van der Waals surface area contributed by atoms with E-state index in [1.54, 1.807) is 50.5 Å². The molecule has 4 rings (SSSR count). The molecule has 0 bridgehead atoms. The Balaban J connectivity index is 1.85. The molecular formula is C21H18Cl2N4O4. The summed E-state index contributed by atoms with van der Waals surface area (Å²) >= 11 is 12.2. The van der Waals surface area contributed by atoms with Gasteiger partial charge in [0, 0.05) is 24.1 Å². The summed E-state index contributed by atoms with van der Waals surface area (Å²) < 4.78 is 15.1. The van der Waals surface area contributed by atoms with Gasteiger partial charge in [-0.3, -0.25) is 18.5 Å². The van der Waals surface area contributed by atoms with E-state index in [0.717, 1.165) is 4.57 Å². The van der Waals surface area contributed by atoms with Gasteiger partial charge in [0.2, 0.25) is 0 Å². The number of hydrogen-bond donors (Lipinski definition) is 0. The number of rotatable bonds is 5. The molecule has 0 aliphatic carbocycles. The van der Waals surface area contributed by atoms with Gasteiger partial charge < -0.3 is 9.47 Å². The molecule has 0 spiro atoms. The molecule has 2 aromatic carbocycles. The Morgan fingerprint density at radius 1 is 1.00 bits per heavy atom. The minimum Gasteiger partial charge on any atom is -0.493 e. The second-order valence-corrected chi connectivity index (χ2v) is 7.69. The molecule has 0 unspecified atom stereocenters. The molecule has 0 atom stereocenters. The number of aromatic nitrogens is 4. The van der Waals surface area contributed by atoms with Gasteiger partial charge in [-0.1, -0.05) is 41.4 Å². The Bertz CT molecular complexity index is 1420. The predicted molar refractivity (Wildman–Crippen MR) is 119 cm³/mol. The average Bonchev–Trinajstić information content (AvgIpc) is 3.07. The van der Waals surface area contributed by atoms with Gasteiger partial charge in [0.1, 0.15) is 0 Å². The molecule has 4 aromatic rings. The summed E-state index contributed by atoms with van der Waals surface area (Å²) in [7, 11) is 4.72. The zero-order valence-electron chi connectivity index (χ0n) is 16.9. The molecule has 0 fully saturated rings.